The summed E-state index contributed by atoms with van der Waals surface area (Å²) in [4.78, 5) is 11.0. The van der Waals surface area contributed by atoms with Gasteiger partial charge in [0.25, 0.3) is 0 Å². The van der Waals surface area contributed by atoms with Crippen molar-refractivity contribution in [2.45, 2.75) is 32.1 Å². The van der Waals surface area contributed by atoms with Crippen LogP contribution in [0.5, 0.6) is 0 Å². The van der Waals surface area contributed by atoms with Crippen LogP contribution in [0.3, 0.4) is 0 Å². The molecule has 80 valence electrons. The molecule has 0 amide bonds. The van der Waals surface area contributed by atoms with Gasteiger partial charge in [-0.15, -0.1) is 0 Å². The summed E-state index contributed by atoms with van der Waals surface area (Å²) >= 11 is 0. The molecule has 0 spiro atoms. The van der Waals surface area contributed by atoms with Crippen LogP contribution < -0.4 is 5.32 Å². The largest absolute Gasteiger partial charge is 0.481 e. The summed E-state index contributed by atoms with van der Waals surface area (Å²) in [6.45, 7) is 1.67. The van der Waals surface area contributed by atoms with E-state index in [2.05, 4.69) is 5.32 Å². The molecule has 2 unspecified atom stereocenters. The molecule has 0 bridgehead atoms. The fourth-order valence-corrected chi connectivity index (χ4v) is 2.64. The molecule has 14 heavy (non-hydrogen) atoms. The van der Waals surface area contributed by atoms with Crippen molar-refractivity contribution < 1.29 is 9.90 Å². The van der Waals surface area contributed by atoms with Crippen LogP contribution >= 0.6 is 0 Å². The molecule has 2 aliphatic rings. The van der Waals surface area contributed by atoms with Gasteiger partial charge in [-0.1, -0.05) is 19.3 Å². The van der Waals surface area contributed by atoms with Crippen LogP contribution in [0.1, 0.15) is 32.1 Å². The molecule has 1 heterocycles. The van der Waals surface area contributed by atoms with Crippen molar-refractivity contribution in [1.29, 1.82) is 0 Å². The first kappa shape index (κ1) is 9.97. The third kappa shape index (κ3) is 2.08. The average Bonchev–Trinajstić information content (AvgIpc) is 2.12. The van der Waals surface area contributed by atoms with E-state index in [1.165, 1.54) is 19.3 Å². The molecule has 2 rings (SSSR count). The molecule has 1 aliphatic heterocycles. The maximum Gasteiger partial charge on any atom is 0.308 e. The zero-order valence-corrected chi connectivity index (χ0v) is 8.54. The summed E-state index contributed by atoms with van der Waals surface area (Å²) in [5.41, 5.74) is 0. The van der Waals surface area contributed by atoms with Gasteiger partial charge in [0.15, 0.2) is 0 Å². The van der Waals surface area contributed by atoms with Gasteiger partial charge in [-0.25, -0.2) is 0 Å². The van der Waals surface area contributed by atoms with E-state index in [0.29, 0.717) is 12.5 Å². The summed E-state index contributed by atoms with van der Waals surface area (Å²) in [5.74, 6) is 0.518. The summed E-state index contributed by atoms with van der Waals surface area (Å²) in [5, 5.41) is 12.2. The topological polar surface area (TPSA) is 49.3 Å². The lowest BCUT2D eigenvalue weighted by atomic mass is 9.73. The fourth-order valence-electron chi connectivity index (χ4n) is 2.64. The lowest BCUT2D eigenvalue weighted by Gasteiger charge is -2.35. The highest BCUT2D eigenvalue weighted by Crippen LogP contribution is 2.36. The number of nitrogens with one attached hydrogen (secondary N) is 1. The minimum absolute atomic E-state index is 0.135. The van der Waals surface area contributed by atoms with Crippen LogP contribution in [0.2, 0.25) is 0 Å². The normalized spacial score (nSPS) is 33.7. The first-order valence-electron chi connectivity index (χ1n) is 5.71. The molecule has 3 nitrogen and oxygen atoms in total. The second-order valence-corrected chi connectivity index (χ2v) is 4.73. The maximum atomic E-state index is 11.0. The predicted molar refractivity (Wildman–Crippen MR) is 54.1 cm³/mol. The van der Waals surface area contributed by atoms with Crippen molar-refractivity contribution in [2.75, 3.05) is 13.1 Å². The first-order chi connectivity index (χ1) is 6.77. The van der Waals surface area contributed by atoms with Crippen molar-refractivity contribution in [3.63, 3.8) is 0 Å². The summed E-state index contributed by atoms with van der Waals surface area (Å²) in [6.07, 6.45) is 6.21. The molecule has 3 heteroatoms. The van der Waals surface area contributed by atoms with Crippen LogP contribution in [0.15, 0.2) is 0 Å². The van der Waals surface area contributed by atoms with Crippen LogP contribution in [-0.4, -0.2) is 24.2 Å². The molecule has 2 fully saturated rings. The summed E-state index contributed by atoms with van der Waals surface area (Å²) in [7, 11) is 0. The van der Waals surface area contributed by atoms with Gasteiger partial charge in [0, 0.05) is 6.54 Å². The van der Waals surface area contributed by atoms with Crippen LogP contribution in [0, 0.1) is 17.8 Å². The van der Waals surface area contributed by atoms with Crippen LogP contribution in [-0.2, 0) is 4.79 Å². The molecule has 1 saturated carbocycles. The highest BCUT2D eigenvalue weighted by Gasteiger charge is 2.33. The lowest BCUT2D eigenvalue weighted by molar-refractivity contribution is -0.144. The molecule has 1 saturated heterocycles. The second-order valence-electron chi connectivity index (χ2n) is 4.73. The number of piperidine rings is 1. The van der Waals surface area contributed by atoms with Gasteiger partial charge in [0.1, 0.15) is 0 Å². The average molecular weight is 197 g/mol. The van der Waals surface area contributed by atoms with Crippen molar-refractivity contribution in [3.05, 3.63) is 0 Å². The van der Waals surface area contributed by atoms with Crippen LogP contribution in [0.4, 0.5) is 0 Å². The van der Waals surface area contributed by atoms with Crippen LogP contribution in [0.25, 0.3) is 0 Å². The Labute approximate surface area is 84.9 Å². The number of carbonyl (C=O) groups is 1. The molecule has 0 aromatic rings. The van der Waals surface area contributed by atoms with E-state index in [9.17, 15) is 4.79 Å². The molecule has 0 aromatic heterocycles. The van der Waals surface area contributed by atoms with E-state index in [1.807, 2.05) is 0 Å². The van der Waals surface area contributed by atoms with Gasteiger partial charge in [0.05, 0.1) is 5.92 Å². The maximum absolute atomic E-state index is 11.0. The SMILES string of the molecule is O=C(O)C1CNCCC1CC1CCC1. The Balaban J connectivity index is 1.88. The Morgan fingerprint density at radius 3 is 2.71 bits per heavy atom. The van der Waals surface area contributed by atoms with Gasteiger partial charge >= 0.3 is 5.97 Å². The molecular formula is C11H19NO2. The molecule has 2 N–H and O–H groups in total. The van der Waals surface area contributed by atoms with Gasteiger partial charge in [0.2, 0.25) is 0 Å². The molecular weight excluding hydrogens is 178 g/mol. The molecule has 0 radical (unpaired) electrons. The quantitative estimate of drug-likeness (QED) is 0.720. The lowest BCUT2D eigenvalue weighted by Crippen LogP contribution is -2.41. The standard InChI is InChI=1S/C11H19NO2/c13-11(14)10-7-12-5-4-9(10)6-8-2-1-3-8/h8-10,12H,1-7H2,(H,13,14). The van der Waals surface area contributed by atoms with Gasteiger partial charge in [-0.2, -0.15) is 0 Å². The van der Waals surface area contributed by atoms with E-state index in [4.69, 9.17) is 5.11 Å². The zero-order chi connectivity index (χ0) is 9.97. The number of rotatable bonds is 3. The monoisotopic (exact) mass is 197 g/mol. The van der Waals surface area contributed by atoms with Crippen molar-refractivity contribution >= 4 is 5.97 Å². The Bertz CT molecular complexity index is 213. The minimum Gasteiger partial charge on any atom is -0.481 e. The van der Waals surface area contributed by atoms with E-state index < -0.39 is 5.97 Å². The van der Waals surface area contributed by atoms with Crippen molar-refractivity contribution in [2.24, 2.45) is 17.8 Å². The Hall–Kier alpha value is -0.570. The highest BCUT2D eigenvalue weighted by atomic mass is 16.4. The van der Waals surface area contributed by atoms with Crippen molar-refractivity contribution in [3.8, 4) is 0 Å². The minimum atomic E-state index is -0.610. The molecule has 2 atom stereocenters. The Kier molecular flexibility index (Phi) is 3.06. The number of hydrogen-bond acceptors (Lipinski definition) is 2. The zero-order valence-electron chi connectivity index (χ0n) is 8.54. The van der Waals surface area contributed by atoms with E-state index in [1.54, 1.807) is 0 Å². The molecule has 1 aliphatic carbocycles. The Morgan fingerprint density at radius 2 is 2.14 bits per heavy atom. The van der Waals surface area contributed by atoms with Gasteiger partial charge in [-0.05, 0) is 31.2 Å². The number of hydrogen-bond donors (Lipinski definition) is 2. The first-order valence-corrected chi connectivity index (χ1v) is 5.71. The summed E-state index contributed by atoms with van der Waals surface area (Å²) in [6, 6.07) is 0. The predicted octanol–water partition coefficient (Wildman–Crippen LogP) is 1.49. The fraction of sp³-hybridized carbons (Fsp3) is 0.909. The highest BCUT2D eigenvalue weighted by molar-refractivity contribution is 5.70. The molecule has 0 aromatic carbocycles. The van der Waals surface area contributed by atoms with Gasteiger partial charge < -0.3 is 10.4 Å². The Morgan fingerprint density at radius 1 is 1.36 bits per heavy atom. The number of aliphatic carboxylic acids is 1. The van der Waals surface area contributed by atoms with Crippen molar-refractivity contribution in [1.82, 2.24) is 5.32 Å². The second kappa shape index (κ2) is 4.30. The van der Waals surface area contributed by atoms with E-state index in [-0.39, 0.29) is 5.92 Å². The van der Waals surface area contributed by atoms with E-state index in [0.717, 1.165) is 25.3 Å². The van der Waals surface area contributed by atoms with Gasteiger partial charge in [-0.3, -0.25) is 4.79 Å². The third-order valence-corrected chi connectivity index (χ3v) is 3.80. The number of carboxylic acids is 1. The summed E-state index contributed by atoms with van der Waals surface area (Å²) < 4.78 is 0. The third-order valence-electron chi connectivity index (χ3n) is 3.80. The number of carboxylic acid groups (broad SMARTS) is 1. The van der Waals surface area contributed by atoms with E-state index >= 15 is 0 Å². The smallest absolute Gasteiger partial charge is 0.308 e.